The van der Waals surface area contributed by atoms with Gasteiger partial charge in [-0.1, -0.05) is 32.0 Å². The third-order valence-corrected chi connectivity index (χ3v) is 3.98. The summed E-state index contributed by atoms with van der Waals surface area (Å²) in [4.78, 5) is 0. The van der Waals surface area contributed by atoms with Gasteiger partial charge in [-0.25, -0.2) is 8.42 Å². The number of alkyl halides is 1. The Labute approximate surface area is 108 Å². The van der Waals surface area contributed by atoms with Crippen molar-refractivity contribution in [2.24, 2.45) is 5.92 Å². The van der Waals surface area contributed by atoms with E-state index in [4.69, 9.17) is 11.6 Å². The van der Waals surface area contributed by atoms with Crippen molar-refractivity contribution in [3.8, 4) is 0 Å². The first-order valence-electron chi connectivity index (χ1n) is 5.59. The first-order valence-corrected chi connectivity index (χ1v) is 7.77. The fourth-order valence-electron chi connectivity index (χ4n) is 1.35. The largest absolute Gasteiger partial charge is 0.283 e. The van der Waals surface area contributed by atoms with Crippen LogP contribution in [0.4, 0.5) is 5.69 Å². The van der Waals surface area contributed by atoms with Crippen LogP contribution in [0.1, 0.15) is 25.8 Å². The zero-order valence-electron chi connectivity index (χ0n) is 10.1. The number of halogens is 1. The standard InChI is InChI=1S/C12H18ClNO2S/c1-10(2)7-8-17(15,16)14-12-6-4-3-5-11(12)9-13/h3-6,10,14H,7-9H2,1-2H3. The summed E-state index contributed by atoms with van der Waals surface area (Å²) >= 11 is 5.75. The number of rotatable bonds is 6. The SMILES string of the molecule is CC(C)CCS(=O)(=O)Nc1ccccc1CCl. The van der Waals surface area contributed by atoms with Crippen molar-refractivity contribution >= 4 is 27.3 Å². The van der Waals surface area contributed by atoms with Crippen molar-refractivity contribution in [3.63, 3.8) is 0 Å². The van der Waals surface area contributed by atoms with Crippen LogP contribution < -0.4 is 4.72 Å². The van der Waals surface area contributed by atoms with Gasteiger partial charge in [0.2, 0.25) is 10.0 Å². The second kappa shape index (κ2) is 6.26. The van der Waals surface area contributed by atoms with Gasteiger partial charge in [0.05, 0.1) is 11.4 Å². The van der Waals surface area contributed by atoms with Crippen LogP contribution in [0.2, 0.25) is 0 Å². The molecule has 5 heteroatoms. The summed E-state index contributed by atoms with van der Waals surface area (Å²) in [7, 11) is -3.27. The predicted molar refractivity (Wildman–Crippen MR) is 72.9 cm³/mol. The molecule has 0 saturated carbocycles. The molecule has 0 spiro atoms. The van der Waals surface area contributed by atoms with E-state index in [1.165, 1.54) is 0 Å². The summed E-state index contributed by atoms with van der Waals surface area (Å²) in [5, 5.41) is 0. The molecule has 0 aliphatic heterocycles. The maximum Gasteiger partial charge on any atom is 0.232 e. The molecule has 0 bridgehead atoms. The summed E-state index contributed by atoms with van der Waals surface area (Å²) in [6.45, 7) is 4.00. The van der Waals surface area contributed by atoms with E-state index in [1.54, 1.807) is 12.1 Å². The quantitative estimate of drug-likeness (QED) is 0.811. The third kappa shape index (κ3) is 4.96. The van der Waals surface area contributed by atoms with Crippen LogP contribution in [-0.2, 0) is 15.9 Å². The van der Waals surface area contributed by atoms with E-state index in [9.17, 15) is 8.42 Å². The summed E-state index contributed by atoms with van der Waals surface area (Å²) in [6.07, 6.45) is 0.651. The van der Waals surface area contributed by atoms with E-state index in [0.29, 0.717) is 23.9 Å². The number of benzene rings is 1. The van der Waals surface area contributed by atoms with Crippen molar-refractivity contribution in [1.82, 2.24) is 0 Å². The number of sulfonamides is 1. The summed E-state index contributed by atoms with van der Waals surface area (Å²) in [5.74, 6) is 0.805. The fourth-order valence-corrected chi connectivity index (χ4v) is 3.00. The van der Waals surface area contributed by atoms with E-state index in [0.717, 1.165) is 5.56 Å². The lowest BCUT2D eigenvalue weighted by Gasteiger charge is -2.11. The molecule has 0 aliphatic rings. The Morgan fingerprint density at radius 3 is 2.53 bits per heavy atom. The second-order valence-electron chi connectivity index (χ2n) is 4.39. The number of nitrogens with one attached hydrogen (secondary N) is 1. The maximum atomic E-state index is 11.8. The average Bonchev–Trinajstić information content (AvgIpc) is 2.27. The minimum Gasteiger partial charge on any atom is -0.283 e. The molecule has 0 atom stereocenters. The van der Waals surface area contributed by atoms with Crippen LogP contribution in [0.15, 0.2) is 24.3 Å². The van der Waals surface area contributed by atoms with Crippen LogP contribution in [0.3, 0.4) is 0 Å². The molecule has 0 fully saturated rings. The Kier molecular flexibility index (Phi) is 5.28. The normalized spacial score (nSPS) is 11.8. The second-order valence-corrected chi connectivity index (χ2v) is 6.50. The molecule has 0 unspecified atom stereocenters. The number of hydrogen-bond donors (Lipinski definition) is 1. The van der Waals surface area contributed by atoms with Gasteiger partial charge in [0, 0.05) is 5.88 Å². The van der Waals surface area contributed by atoms with Crippen molar-refractivity contribution in [3.05, 3.63) is 29.8 Å². The van der Waals surface area contributed by atoms with Gasteiger partial charge in [0.25, 0.3) is 0 Å². The van der Waals surface area contributed by atoms with Crippen LogP contribution in [-0.4, -0.2) is 14.2 Å². The van der Waals surface area contributed by atoms with Crippen LogP contribution in [0.25, 0.3) is 0 Å². The Bertz CT molecular complexity index is 457. The first kappa shape index (κ1) is 14.3. The highest BCUT2D eigenvalue weighted by molar-refractivity contribution is 7.92. The Morgan fingerprint density at radius 1 is 1.29 bits per heavy atom. The summed E-state index contributed by atoms with van der Waals surface area (Å²) < 4.78 is 26.2. The highest BCUT2D eigenvalue weighted by atomic mass is 35.5. The molecule has 1 rings (SSSR count). The third-order valence-electron chi connectivity index (χ3n) is 2.39. The van der Waals surface area contributed by atoms with Gasteiger partial charge in [-0.2, -0.15) is 0 Å². The molecule has 17 heavy (non-hydrogen) atoms. The van der Waals surface area contributed by atoms with Gasteiger partial charge in [-0.05, 0) is 24.0 Å². The molecule has 0 heterocycles. The van der Waals surface area contributed by atoms with Gasteiger partial charge in [0.15, 0.2) is 0 Å². The van der Waals surface area contributed by atoms with Crippen LogP contribution in [0, 0.1) is 5.92 Å². The molecule has 3 nitrogen and oxygen atoms in total. The smallest absolute Gasteiger partial charge is 0.232 e. The molecule has 0 aromatic heterocycles. The predicted octanol–water partition coefficient (Wildman–Crippen LogP) is 3.21. The molecule has 0 amide bonds. The van der Waals surface area contributed by atoms with Crippen molar-refractivity contribution in [1.29, 1.82) is 0 Å². The molecular weight excluding hydrogens is 258 g/mol. The molecule has 0 radical (unpaired) electrons. The van der Waals surface area contributed by atoms with Gasteiger partial charge < -0.3 is 0 Å². The van der Waals surface area contributed by atoms with Gasteiger partial charge in [-0.3, -0.25) is 4.72 Å². The van der Waals surface area contributed by atoms with Gasteiger partial charge in [0.1, 0.15) is 0 Å². The molecule has 1 N–H and O–H groups in total. The van der Waals surface area contributed by atoms with Crippen molar-refractivity contribution in [2.45, 2.75) is 26.1 Å². The molecule has 96 valence electrons. The average molecular weight is 276 g/mol. The number of hydrogen-bond acceptors (Lipinski definition) is 2. The van der Waals surface area contributed by atoms with E-state index in [1.807, 2.05) is 26.0 Å². The molecule has 0 aliphatic carbocycles. The van der Waals surface area contributed by atoms with Crippen molar-refractivity contribution in [2.75, 3.05) is 10.5 Å². The first-order chi connectivity index (χ1) is 7.94. The van der Waals surface area contributed by atoms with E-state index in [-0.39, 0.29) is 5.75 Å². The van der Waals surface area contributed by atoms with E-state index >= 15 is 0 Å². The van der Waals surface area contributed by atoms with Crippen LogP contribution in [0.5, 0.6) is 0 Å². The zero-order valence-corrected chi connectivity index (χ0v) is 11.7. The zero-order chi connectivity index (χ0) is 12.9. The summed E-state index contributed by atoms with van der Waals surface area (Å²) in [5.41, 5.74) is 1.37. The highest BCUT2D eigenvalue weighted by Crippen LogP contribution is 2.19. The molecule has 1 aromatic rings. The molecule has 1 aromatic carbocycles. The molecule has 0 saturated heterocycles. The van der Waals surface area contributed by atoms with Gasteiger partial charge >= 0.3 is 0 Å². The Hall–Kier alpha value is -0.740. The lowest BCUT2D eigenvalue weighted by atomic mass is 10.2. The van der Waals surface area contributed by atoms with Gasteiger partial charge in [-0.15, -0.1) is 11.6 Å². The minimum absolute atomic E-state index is 0.140. The number of para-hydroxylation sites is 1. The lowest BCUT2D eigenvalue weighted by Crippen LogP contribution is -2.18. The number of anilines is 1. The van der Waals surface area contributed by atoms with E-state index < -0.39 is 10.0 Å². The maximum absolute atomic E-state index is 11.8. The lowest BCUT2D eigenvalue weighted by molar-refractivity contribution is 0.578. The summed E-state index contributed by atoms with van der Waals surface area (Å²) in [6, 6.07) is 7.16. The Morgan fingerprint density at radius 2 is 1.94 bits per heavy atom. The van der Waals surface area contributed by atoms with Crippen molar-refractivity contribution < 1.29 is 8.42 Å². The fraction of sp³-hybridized carbons (Fsp3) is 0.500. The highest BCUT2D eigenvalue weighted by Gasteiger charge is 2.13. The minimum atomic E-state index is -3.27. The van der Waals surface area contributed by atoms with E-state index in [2.05, 4.69) is 4.72 Å². The van der Waals surface area contributed by atoms with Crippen LogP contribution >= 0.6 is 11.6 Å². The Balaban J connectivity index is 2.76. The topological polar surface area (TPSA) is 46.2 Å². The monoisotopic (exact) mass is 275 g/mol. The molecular formula is C12H18ClNO2S.